The van der Waals surface area contributed by atoms with Crippen LogP contribution in [-0.4, -0.2) is 26.0 Å². The third-order valence-electron chi connectivity index (χ3n) is 3.11. The molecule has 0 aromatic heterocycles. The van der Waals surface area contributed by atoms with E-state index < -0.39 is 0 Å². The van der Waals surface area contributed by atoms with Crippen LogP contribution in [0.5, 0.6) is 0 Å². The Morgan fingerprint density at radius 1 is 1.00 bits per heavy atom. The van der Waals surface area contributed by atoms with E-state index in [9.17, 15) is 0 Å². The molecular weight excluding hydrogens is 250 g/mol. The monoisotopic (exact) mass is 279 g/mol. The summed E-state index contributed by atoms with van der Waals surface area (Å²) in [7, 11) is 0. The molecule has 0 saturated carbocycles. The van der Waals surface area contributed by atoms with E-state index in [4.69, 9.17) is 9.47 Å². The summed E-state index contributed by atoms with van der Waals surface area (Å²) in [6.07, 6.45) is 1.96. The van der Waals surface area contributed by atoms with Crippen molar-refractivity contribution in [2.75, 3.05) is 19.8 Å². The van der Waals surface area contributed by atoms with Crippen LogP contribution in [0.25, 0.3) is 0 Å². The lowest BCUT2D eigenvalue weighted by molar-refractivity contribution is -0.139. The number of hydrogen-bond donors (Lipinski definition) is 1. The normalized spacial score (nSPS) is 11.2. The van der Waals surface area contributed by atoms with E-state index in [-0.39, 0.29) is 6.29 Å². The first-order valence-corrected chi connectivity index (χ1v) is 7.66. The number of ether oxygens (including phenoxy) is 2. The van der Waals surface area contributed by atoms with Crippen molar-refractivity contribution in [2.24, 2.45) is 0 Å². The lowest BCUT2D eigenvalue weighted by Crippen LogP contribution is -2.21. The molecule has 114 valence electrons. The van der Waals surface area contributed by atoms with Gasteiger partial charge in [-0.25, -0.2) is 0 Å². The van der Waals surface area contributed by atoms with Crippen molar-refractivity contribution in [3.05, 3.63) is 34.9 Å². The Morgan fingerprint density at radius 2 is 1.60 bits per heavy atom. The van der Waals surface area contributed by atoms with Gasteiger partial charge in [0, 0.05) is 19.8 Å². The van der Waals surface area contributed by atoms with Gasteiger partial charge in [-0.1, -0.05) is 29.3 Å². The highest BCUT2D eigenvalue weighted by Crippen LogP contribution is 2.09. The first kappa shape index (κ1) is 17.2. The van der Waals surface area contributed by atoms with Crippen LogP contribution in [0.3, 0.4) is 0 Å². The van der Waals surface area contributed by atoms with Crippen LogP contribution in [-0.2, 0) is 16.0 Å². The van der Waals surface area contributed by atoms with Gasteiger partial charge in [0.05, 0.1) is 0 Å². The Balaban J connectivity index is 2.20. The van der Waals surface area contributed by atoms with Crippen LogP contribution in [0, 0.1) is 13.8 Å². The van der Waals surface area contributed by atoms with Crippen LogP contribution in [0.1, 0.15) is 43.4 Å². The Labute approximate surface area is 123 Å². The van der Waals surface area contributed by atoms with Crippen LogP contribution >= 0.6 is 0 Å². The second-order valence-electron chi connectivity index (χ2n) is 5.16. The molecule has 1 aromatic carbocycles. The first-order valence-electron chi connectivity index (χ1n) is 7.66. The summed E-state index contributed by atoms with van der Waals surface area (Å²) in [4.78, 5) is 0. The van der Waals surface area contributed by atoms with E-state index in [2.05, 4.69) is 37.4 Å². The van der Waals surface area contributed by atoms with Crippen molar-refractivity contribution in [1.82, 2.24) is 5.32 Å². The predicted molar refractivity (Wildman–Crippen MR) is 83.9 cm³/mol. The molecule has 0 amide bonds. The molecule has 0 heterocycles. The average Bonchev–Trinajstić information content (AvgIpc) is 2.37. The second kappa shape index (κ2) is 9.92. The van der Waals surface area contributed by atoms with Crippen molar-refractivity contribution in [3.63, 3.8) is 0 Å². The number of benzene rings is 1. The van der Waals surface area contributed by atoms with Crippen LogP contribution in [0.4, 0.5) is 0 Å². The van der Waals surface area contributed by atoms with E-state index in [0.717, 1.165) is 25.9 Å². The number of nitrogens with one attached hydrogen (secondary N) is 1. The summed E-state index contributed by atoms with van der Waals surface area (Å²) in [5, 5.41) is 3.48. The van der Waals surface area contributed by atoms with Crippen molar-refractivity contribution in [1.29, 1.82) is 0 Å². The molecule has 3 nitrogen and oxygen atoms in total. The highest BCUT2D eigenvalue weighted by atomic mass is 16.7. The van der Waals surface area contributed by atoms with Crippen molar-refractivity contribution in [2.45, 2.75) is 53.4 Å². The molecule has 0 aliphatic carbocycles. The fourth-order valence-corrected chi connectivity index (χ4v) is 2.38. The average molecular weight is 279 g/mol. The minimum absolute atomic E-state index is 0.0481. The fourth-order valence-electron chi connectivity index (χ4n) is 2.38. The lowest BCUT2D eigenvalue weighted by atomic mass is 10.1. The molecular formula is C17H29NO2. The third kappa shape index (κ3) is 7.04. The first-order chi connectivity index (χ1) is 9.65. The molecule has 3 heteroatoms. The van der Waals surface area contributed by atoms with Crippen LogP contribution in [0.2, 0.25) is 0 Å². The van der Waals surface area contributed by atoms with Crippen molar-refractivity contribution >= 4 is 0 Å². The van der Waals surface area contributed by atoms with Gasteiger partial charge in [-0.3, -0.25) is 0 Å². The molecule has 0 spiro atoms. The molecule has 0 bridgehead atoms. The minimum atomic E-state index is -0.0481. The van der Waals surface area contributed by atoms with Gasteiger partial charge in [0.1, 0.15) is 0 Å². The van der Waals surface area contributed by atoms with E-state index in [1.54, 1.807) is 0 Å². The lowest BCUT2D eigenvalue weighted by Gasteiger charge is -2.16. The summed E-state index contributed by atoms with van der Waals surface area (Å²) < 4.78 is 11.1. The maximum atomic E-state index is 5.53. The molecule has 20 heavy (non-hydrogen) atoms. The van der Waals surface area contributed by atoms with Gasteiger partial charge in [-0.05, 0) is 52.6 Å². The zero-order valence-electron chi connectivity index (χ0n) is 13.4. The smallest absolute Gasteiger partial charge is 0.157 e. The summed E-state index contributed by atoms with van der Waals surface area (Å²) in [5.41, 5.74) is 4.01. The molecule has 1 N–H and O–H groups in total. The quantitative estimate of drug-likeness (QED) is 0.524. The fraction of sp³-hybridized carbons (Fsp3) is 0.647. The van der Waals surface area contributed by atoms with Crippen LogP contribution in [0.15, 0.2) is 18.2 Å². The number of aryl methyl sites for hydroxylation is 2. The molecule has 0 atom stereocenters. The number of rotatable bonds is 10. The van der Waals surface area contributed by atoms with Gasteiger partial charge >= 0.3 is 0 Å². The van der Waals surface area contributed by atoms with Gasteiger partial charge in [-0.2, -0.15) is 0 Å². The molecule has 0 unspecified atom stereocenters. The SMILES string of the molecule is CCOC(CCCNCc1cc(C)cc(C)c1)OCC. The van der Waals surface area contributed by atoms with E-state index >= 15 is 0 Å². The van der Waals surface area contributed by atoms with Gasteiger partial charge in [-0.15, -0.1) is 0 Å². The summed E-state index contributed by atoms with van der Waals surface area (Å²) >= 11 is 0. The predicted octanol–water partition coefficient (Wildman–Crippen LogP) is 3.57. The van der Waals surface area contributed by atoms with Crippen LogP contribution < -0.4 is 5.32 Å². The zero-order valence-corrected chi connectivity index (χ0v) is 13.4. The van der Waals surface area contributed by atoms with Gasteiger partial charge in [0.15, 0.2) is 6.29 Å². The highest BCUT2D eigenvalue weighted by molar-refractivity contribution is 5.28. The molecule has 0 fully saturated rings. The largest absolute Gasteiger partial charge is 0.353 e. The summed E-state index contributed by atoms with van der Waals surface area (Å²) in [5.74, 6) is 0. The Bertz CT molecular complexity index is 353. The minimum Gasteiger partial charge on any atom is -0.353 e. The third-order valence-corrected chi connectivity index (χ3v) is 3.11. The summed E-state index contributed by atoms with van der Waals surface area (Å²) in [6.45, 7) is 11.6. The van der Waals surface area contributed by atoms with E-state index in [1.165, 1.54) is 16.7 Å². The molecule has 1 rings (SSSR count). The summed E-state index contributed by atoms with van der Waals surface area (Å²) in [6, 6.07) is 6.69. The Hall–Kier alpha value is -0.900. The molecule has 0 saturated heterocycles. The zero-order chi connectivity index (χ0) is 14.8. The standard InChI is InChI=1S/C17H29NO2/c1-5-19-17(20-6-2)8-7-9-18-13-16-11-14(3)10-15(4)12-16/h10-12,17-18H,5-9,13H2,1-4H3. The van der Waals surface area contributed by atoms with Gasteiger partial charge in [0.2, 0.25) is 0 Å². The van der Waals surface area contributed by atoms with E-state index in [1.807, 2.05) is 13.8 Å². The molecule has 0 aliphatic rings. The number of hydrogen-bond acceptors (Lipinski definition) is 3. The Morgan fingerprint density at radius 3 is 2.15 bits per heavy atom. The van der Waals surface area contributed by atoms with Crippen molar-refractivity contribution < 1.29 is 9.47 Å². The second-order valence-corrected chi connectivity index (χ2v) is 5.16. The molecule has 0 radical (unpaired) electrons. The molecule has 0 aliphatic heterocycles. The van der Waals surface area contributed by atoms with Gasteiger partial charge in [0.25, 0.3) is 0 Å². The molecule has 1 aromatic rings. The Kier molecular flexibility index (Phi) is 8.51. The van der Waals surface area contributed by atoms with Crippen molar-refractivity contribution in [3.8, 4) is 0 Å². The van der Waals surface area contributed by atoms with E-state index in [0.29, 0.717) is 13.2 Å². The topological polar surface area (TPSA) is 30.5 Å². The highest BCUT2D eigenvalue weighted by Gasteiger charge is 2.06. The van der Waals surface area contributed by atoms with Gasteiger partial charge < -0.3 is 14.8 Å². The maximum Gasteiger partial charge on any atom is 0.157 e. The maximum absolute atomic E-state index is 5.53.